The molecule has 8 heteroatoms. The Hall–Kier alpha value is -3.03. The molecule has 3 N–H and O–H groups in total. The Bertz CT molecular complexity index is 761. The maximum atomic E-state index is 13.0. The van der Waals surface area contributed by atoms with Crippen LogP contribution in [0.25, 0.3) is 0 Å². The van der Waals surface area contributed by atoms with Crippen molar-refractivity contribution in [2.24, 2.45) is 0 Å². The molecule has 0 bridgehead atoms. The molecular formula is C18H22FN5O2. The number of nitrogen functional groups attached to an aromatic ring is 1. The summed E-state index contributed by atoms with van der Waals surface area (Å²) in [4.78, 5) is 20.2. The van der Waals surface area contributed by atoms with Gasteiger partial charge in [-0.05, 0) is 43.3 Å². The summed E-state index contributed by atoms with van der Waals surface area (Å²) < 4.78 is 17.9. The molecule has 2 heterocycles. The van der Waals surface area contributed by atoms with Gasteiger partial charge in [0.05, 0.1) is 12.3 Å². The molecule has 1 saturated heterocycles. The van der Waals surface area contributed by atoms with Gasteiger partial charge < -0.3 is 20.3 Å². The van der Waals surface area contributed by atoms with Crippen LogP contribution in [0.1, 0.15) is 6.92 Å². The number of nitrogens with one attached hydrogen (secondary N) is 1. The molecular weight excluding hydrogens is 337 g/mol. The van der Waals surface area contributed by atoms with Gasteiger partial charge in [-0.15, -0.1) is 0 Å². The molecule has 0 aliphatic carbocycles. The first-order valence-electron chi connectivity index (χ1n) is 8.52. The van der Waals surface area contributed by atoms with Crippen molar-refractivity contribution >= 4 is 29.1 Å². The van der Waals surface area contributed by atoms with E-state index in [4.69, 9.17) is 10.5 Å². The van der Waals surface area contributed by atoms with Gasteiger partial charge in [-0.25, -0.2) is 14.2 Å². The highest BCUT2D eigenvalue weighted by atomic mass is 19.1. The van der Waals surface area contributed by atoms with Crippen molar-refractivity contribution in [3.63, 3.8) is 0 Å². The predicted molar refractivity (Wildman–Crippen MR) is 100 cm³/mol. The van der Waals surface area contributed by atoms with Gasteiger partial charge in [0.15, 0.2) is 0 Å². The highest BCUT2D eigenvalue weighted by molar-refractivity contribution is 5.88. The van der Waals surface area contributed by atoms with Crippen LogP contribution in [0, 0.1) is 5.82 Å². The molecule has 1 aliphatic heterocycles. The highest BCUT2D eigenvalue weighted by Crippen LogP contribution is 2.24. The van der Waals surface area contributed by atoms with E-state index in [0.717, 1.165) is 37.7 Å². The van der Waals surface area contributed by atoms with Crippen LogP contribution >= 0.6 is 0 Å². The first-order valence-corrected chi connectivity index (χ1v) is 8.52. The SMILES string of the molecule is CCOC(=O)Nc1ccc(N2CCN(c3ccc(F)cc3)CC2)nc1N. The van der Waals surface area contributed by atoms with Crippen LogP contribution in [0.5, 0.6) is 0 Å². The van der Waals surface area contributed by atoms with Gasteiger partial charge in [0.2, 0.25) is 0 Å². The summed E-state index contributed by atoms with van der Waals surface area (Å²) >= 11 is 0. The Morgan fingerprint density at radius 3 is 2.42 bits per heavy atom. The second-order valence-electron chi connectivity index (χ2n) is 5.90. The zero-order chi connectivity index (χ0) is 18.5. The lowest BCUT2D eigenvalue weighted by molar-refractivity contribution is 0.168. The second-order valence-corrected chi connectivity index (χ2v) is 5.90. The minimum atomic E-state index is -0.554. The number of nitrogens with zero attached hydrogens (tertiary/aromatic N) is 3. The van der Waals surface area contributed by atoms with Crippen LogP contribution in [0.15, 0.2) is 36.4 Å². The number of pyridine rings is 1. The lowest BCUT2D eigenvalue weighted by atomic mass is 10.2. The Kier molecular flexibility index (Phi) is 5.40. The average Bonchev–Trinajstić information content (AvgIpc) is 2.64. The van der Waals surface area contributed by atoms with E-state index in [0.29, 0.717) is 5.69 Å². The Balaban J connectivity index is 1.61. The fourth-order valence-corrected chi connectivity index (χ4v) is 2.87. The lowest BCUT2D eigenvalue weighted by Crippen LogP contribution is -2.46. The molecule has 138 valence electrons. The Labute approximate surface area is 151 Å². The minimum absolute atomic E-state index is 0.233. The van der Waals surface area contributed by atoms with Crippen molar-refractivity contribution in [2.75, 3.05) is 53.6 Å². The van der Waals surface area contributed by atoms with E-state index < -0.39 is 6.09 Å². The van der Waals surface area contributed by atoms with Crippen LogP contribution in [-0.2, 0) is 4.74 Å². The summed E-state index contributed by atoms with van der Waals surface area (Å²) in [5.41, 5.74) is 7.39. The number of ether oxygens (including phenoxy) is 1. The van der Waals surface area contributed by atoms with E-state index in [9.17, 15) is 9.18 Å². The molecule has 0 saturated carbocycles. The molecule has 1 aromatic carbocycles. The summed E-state index contributed by atoms with van der Waals surface area (Å²) in [5, 5.41) is 2.57. The zero-order valence-corrected chi connectivity index (χ0v) is 14.6. The Morgan fingerprint density at radius 2 is 1.81 bits per heavy atom. The van der Waals surface area contributed by atoms with Crippen LogP contribution in [-0.4, -0.2) is 43.9 Å². The normalized spacial score (nSPS) is 14.2. The molecule has 0 spiro atoms. The molecule has 2 aromatic rings. The van der Waals surface area contributed by atoms with E-state index in [2.05, 4.69) is 20.1 Å². The molecule has 7 nitrogen and oxygen atoms in total. The van der Waals surface area contributed by atoms with Crippen LogP contribution in [0.3, 0.4) is 0 Å². The molecule has 1 aliphatic rings. The molecule has 0 radical (unpaired) electrons. The number of nitrogens with two attached hydrogens (primary N) is 1. The van der Waals surface area contributed by atoms with E-state index in [1.54, 1.807) is 25.1 Å². The lowest BCUT2D eigenvalue weighted by Gasteiger charge is -2.36. The van der Waals surface area contributed by atoms with Crippen LogP contribution in [0.2, 0.25) is 0 Å². The number of piperazine rings is 1. The molecule has 26 heavy (non-hydrogen) atoms. The third-order valence-electron chi connectivity index (χ3n) is 4.22. The zero-order valence-electron chi connectivity index (χ0n) is 14.6. The third kappa shape index (κ3) is 4.14. The standard InChI is InChI=1S/C18H22FN5O2/c1-2-26-18(25)21-15-7-8-16(22-17(15)20)24-11-9-23(10-12-24)14-5-3-13(19)4-6-14/h3-8H,2,9-12H2,1H3,(H2,20,22)(H,21,25). The van der Waals surface area contributed by atoms with E-state index in [-0.39, 0.29) is 18.2 Å². The minimum Gasteiger partial charge on any atom is -0.450 e. The number of benzene rings is 1. The Morgan fingerprint density at radius 1 is 1.15 bits per heavy atom. The van der Waals surface area contributed by atoms with Crippen LogP contribution in [0.4, 0.5) is 32.2 Å². The number of carbonyl (C=O) groups is 1. The molecule has 0 unspecified atom stereocenters. The smallest absolute Gasteiger partial charge is 0.411 e. The molecule has 1 amide bonds. The van der Waals surface area contributed by atoms with Crippen molar-refractivity contribution in [2.45, 2.75) is 6.92 Å². The van der Waals surface area contributed by atoms with Gasteiger partial charge in [-0.2, -0.15) is 0 Å². The molecule has 3 rings (SSSR count). The van der Waals surface area contributed by atoms with Crippen molar-refractivity contribution in [3.8, 4) is 0 Å². The molecule has 1 fully saturated rings. The maximum absolute atomic E-state index is 13.0. The van der Waals surface area contributed by atoms with Gasteiger partial charge in [0.25, 0.3) is 0 Å². The number of halogens is 1. The van der Waals surface area contributed by atoms with Crippen LogP contribution < -0.4 is 20.9 Å². The van der Waals surface area contributed by atoms with E-state index in [1.807, 2.05) is 6.07 Å². The number of carbonyl (C=O) groups excluding carboxylic acids is 1. The number of amides is 1. The largest absolute Gasteiger partial charge is 0.450 e. The van der Waals surface area contributed by atoms with Gasteiger partial charge in [0, 0.05) is 31.9 Å². The first kappa shape index (κ1) is 17.8. The highest BCUT2D eigenvalue weighted by Gasteiger charge is 2.19. The van der Waals surface area contributed by atoms with E-state index >= 15 is 0 Å². The number of hydrogen-bond acceptors (Lipinski definition) is 6. The van der Waals surface area contributed by atoms with E-state index in [1.165, 1.54) is 12.1 Å². The third-order valence-corrected chi connectivity index (χ3v) is 4.22. The van der Waals surface area contributed by atoms with Gasteiger partial charge in [0.1, 0.15) is 17.5 Å². The van der Waals surface area contributed by atoms with Gasteiger partial charge in [-0.1, -0.05) is 0 Å². The quantitative estimate of drug-likeness (QED) is 0.873. The first-order chi connectivity index (χ1) is 12.6. The average molecular weight is 359 g/mol. The van der Waals surface area contributed by atoms with Crippen molar-refractivity contribution in [3.05, 3.63) is 42.2 Å². The summed E-state index contributed by atoms with van der Waals surface area (Å²) in [6.07, 6.45) is -0.554. The summed E-state index contributed by atoms with van der Waals surface area (Å²) in [6.45, 7) is 5.17. The molecule has 0 atom stereocenters. The number of anilines is 4. The topological polar surface area (TPSA) is 83.7 Å². The molecule has 1 aromatic heterocycles. The fourth-order valence-electron chi connectivity index (χ4n) is 2.87. The van der Waals surface area contributed by atoms with Crippen molar-refractivity contribution < 1.29 is 13.9 Å². The van der Waals surface area contributed by atoms with Gasteiger partial charge in [-0.3, -0.25) is 5.32 Å². The number of rotatable bonds is 4. The van der Waals surface area contributed by atoms with Crippen molar-refractivity contribution in [1.29, 1.82) is 0 Å². The second kappa shape index (κ2) is 7.90. The maximum Gasteiger partial charge on any atom is 0.411 e. The van der Waals surface area contributed by atoms with Crippen molar-refractivity contribution in [1.82, 2.24) is 4.98 Å². The predicted octanol–water partition coefficient (Wildman–Crippen LogP) is 2.70. The number of aromatic nitrogens is 1. The summed E-state index contributed by atoms with van der Waals surface area (Å²) in [5.74, 6) is 0.774. The monoisotopic (exact) mass is 359 g/mol. The number of hydrogen-bond donors (Lipinski definition) is 2. The van der Waals surface area contributed by atoms with Gasteiger partial charge >= 0.3 is 6.09 Å². The summed E-state index contributed by atoms with van der Waals surface area (Å²) in [7, 11) is 0. The fraction of sp³-hybridized carbons (Fsp3) is 0.333. The summed E-state index contributed by atoms with van der Waals surface area (Å²) in [6, 6.07) is 10.1.